The number of halogens is 1. The summed E-state index contributed by atoms with van der Waals surface area (Å²) in [4.78, 5) is 13.0. The first-order valence-electron chi connectivity index (χ1n) is 5.92. The van der Waals surface area contributed by atoms with E-state index < -0.39 is 0 Å². The summed E-state index contributed by atoms with van der Waals surface area (Å²) < 4.78 is 0.937. The molecule has 0 bridgehead atoms. The first kappa shape index (κ1) is 14.8. The van der Waals surface area contributed by atoms with E-state index in [0.29, 0.717) is 5.56 Å². The number of carbonyl (C=O) groups excluding carboxylic acids is 1. The number of thioether (sulfide) groups is 1. The lowest BCUT2D eigenvalue weighted by Gasteiger charge is -2.00. The number of benzene rings is 2. The van der Waals surface area contributed by atoms with Crippen LogP contribution in [0.3, 0.4) is 0 Å². The monoisotopic (exact) mass is 348 g/mol. The van der Waals surface area contributed by atoms with Crippen LogP contribution in [0.15, 0.2) is 63.0 Å². The molecule has 0 aliphatic heterocycles. The number of rotatable bonds is 4. The van der Waals surface area contributed by atoms with Crippen LogP contribution < -0.4 is 5.43 Å². The third-order valence-corrected chi connectivity index (χ3v) is 3.87. The lowest BCUT2D eigenvalue weighted by molar-refractivity contribution is 0.0955. The van der Waals surface area contributed by atoms with Crippen molar-refractivity contribution in [2.24, 2.45) is 5.10 Å². The second-order valence-corrected chi connectivity index (χ2v) is 5.77. The highest BCUT2D eigenvalue weighted by Gasteiger charge is 2.02. The van der Waals surface area contributed by atoms with Crippen LogP contribution in [0.1, 0.15) is 15.9 Å². The Bertz CT molecular complexity index is 609. The minimum atomic E-state index is -0.227. The van der Waals surface area contributed by atoms with Gasteiger partial charge in [-0.1, -0.05) is 28.1 Å². The number of nitrogens with zero attached hydrogens (tertiary/aromatic N) is 1. The number of hydrazone groups is 1. The molecule has 1 N–H and O–H groups in total. The molecule has 0 unspecified atom stereocenters. The van der Waals surface area contributed by atoms with Gasteiger partial charge in [-0.05, 0) is 48.2 Å². The predicted molar refractivity (Wildman–Crippen MR) is 87.4 cm³/mol. The molecule has 0 aliphatic rings. The molecule has 1 amide bonds. The van der Waals surface area contributed by atoms with Gasteiger partial charge in [-0.15, -0.1) is 11.8 Å². The van der Waals surface area contributed by atoms with Crippen LogP contribution in [-0.4, -0.2) is 18.4 Å². The van der Waals surface area contributed by atoms with Crippen molar-refractivity contribution < 1.29 is 4.79 Å². The van der Waals surface area contributed by atoms with E-state index in [2.05, 4.69) is 26.5 Å². The lowest BCUT2D eigenvalue weighted by atomic mass is 10.2. The van der Waals surface area contributed by atoms with Gasteiger partial charge in [0.25, 0.3) is 5.91 Å². The van der Waals surface area contributed by atoms with E-state index >= 15 is 0 Å². The Labute approximate surface area is 130 Å². The average molecular weight is 349 g/mol. The van der Waals surface area contributed by atoms with Crippen molar-refractivity contribution in [3.8, 4) is 0 Å². The summed E-state index contributed by atoms with van der Waals surface area (Å²) in [6.45, 7) is 0. The van der Waals surface area contributed by atoms with E-state index in [0.717, 1.165) is 10.0 Å². The number of carbonyl (C=O) groups is 1. The van der Waals surface area contributed by atoms with Gasteiger partial charge in [-0.25, -0.2) is 5.43 Å². The molecular weight excluding hydrogens is 336 g/mol. The summed E-state index contributed by atoms with van der Waals surface area (Å²) in [5, 5.41) is 3.95. The first-order chi connectivity index (χ1) is 9.69. The molecule has 0 saturated heterocycles. The Morgan fingerprint density at radius 1 is 1.15 bits per heavy atom. The van der Waals surface area contributed by atoms with Gasteiger partial charge < -0.3 is 0 Å². The average Bonchev–Trinajstić information content (AvgIpc) is 2.48. The maximum Gasteiger partial charge on any atom is 0.271 e. The highest BCUT2D eigenvalue weighted by molar-refractivity contribution is 9.10. The van der Waals surface area contributed by atoms with Crippen molar-refractivity contribution in [1.29, 1.82) is 0 Å². The van der Waals surface area contributed by atoms with Crippen LogP contribution in [-0.2, 0) is 0 Å². The minimum absolute atomic E-state index is 0.227. The zero-order valence-electron chi connectivity index (χ0n) is 10.8. The number of nitrogens with one attached hydrogen (secondary N) is 1. The summed E-state index contributed by atoms with van der Waals surface area (Å²) in [7, 11) is 0. The van der Waals surface area contributed by atoms with Crippen LogP contribution in [0.2, 0.25) is 0 Å². The Balaban J connectivity index is 1.95. The van der Waals surface area contributed by atoms with Crippen LogP contribution in [0.4, 0.5) is 0 Å². The van der Waals surface area contributed by atoms with Gasteiger partial charge in [0.05, 0.1) is 6.21 Å². The molecule has 5 heteroatoms. The molecular formula is C15H13BrN2OS. The van der Waals surface area contributed by atoms with Crippen molar-refractivity contribution in [2.75, 3.05) is 6.26 Å². The predicted octanol–water partition coefficient (Wildman–Crippen LogP) is 3.93. The molecule has 0 saturated carbocycles. The van der Waals surface area contributed by atoms with Crippen LogP contribution >= 0.6 is 27.7 Å². The molecule has 20 heavy (non-hydrogen) atoms. The fourth-order valence-electron chi connectivity index (χ4n) is 1.52. The number of amides is 1. The molecule has 102 valence electrons. The molecule has 0 aromatic heterocycles. The fourth-order valence-corrected chi connectivity index (χ4v) is 2.19. The topological polar surface area (TPSA) is 41.5 Å². The van der Waals surface area contributed by atoms with Crippen molar-refractivity contribution in [2.45, 2.75) is 4.90 Å². The van der Waals surface area contributed by atoms with Gasteiger partial charge >= 0.3 is 0 Å². The molecule has 0 aliphatic carbocycles. The van der Waals surface area contributed by atoms with Crippen LogP contribution in [0.25, 0.3) is 0 Å². The van der Waals surface area contributed by atoms with E-state index in [-0.39, 0.29) is 5.91 Å². The molecule has 2 aromatic carbocycles. The van der Waals surface area contributed by atoms with Gasteiger partial charge in [0.2, 0.25) is 0 Å². The van der Waals surface area contributed by atoms with Gasteiger partial charge in [-0.2, -0.15) is 5.10 Å². The third kappa shape index (κ3) is 4.21. The molecule has 0 radical (unpaired) electrons. The highest BCUT2D eigenvalue weighted by atomic mass is 79.9. The molecule has 3 nitrogen and oxygen atoms in total. The van der Waals surface area contributed by atoms with Gasteiger partial charge in [0, 0.05) is 14.9 Å². The summed E-state index contributed by atoms with van der Waals surface area (Å²) in [6.07, 6.45) is 3.66. The van der Waals surface area contributed by atoms with Crippen LogP contribution in [0, 0.1) is 0 Å². The van der Waals surface area contributed by atoms with Crippen molar-refractivity contribution in [3.05, 3.63) is 64.1 Å². The molecule has 0 atom stereocenters. The second kappa shape index (κ2) is 7.26. The Morgan fingerprint density at radius 2 is 1.80 bits per heavy atom. The Morgan fingerprint density at radius 3 is 2.40 bits per heavy atom. The Kier molecular flexibility index (Phi) is 5.38. The van der Waals surface area contributed by atoms with Crippen molar-refractivity contribution in [3.63, 3.8) is 0 Å². The lowest BCUT2D eigenvalue weighted by Crippen LogP contribution is -2.17. The second-order valence-electron chi connectivity index (χ2n) is 3.98. The van der Waals surface area contributed by atoms with Crippen molar-refractivity contribution in [1.82, 2.24) is 5.43 Å². The maximum absolute atomic E-state index is 11.8. The quantitative estimate of drug-likeness (QED) is 0.516. The molecule has 0 heterocycles. The van der Waals surface area contributed by atoms with Gasteiger partial charge in [0.1, 0.15) is 0 Å². The highest BCUT2D eigenvalue weighted by Crippen LogP contribution is 2.14. The normalized spacial score (nSPS) is 10.7. The van der Waals surface area contributed by atoms with Crippen molar-refractivity contribution >= 4 is 39.8 Å². The van der Waals surface area contributed by atoms with E-state index in [1.165, 1.54) is 4.90 Å². The zero-order chi connectivity index (χ0) is 14.4. The molecule has 2 rings (SSSR count). The fraction of sp³-hybridized carbons (Fsp3) is 0.0667. The standard InChI is InChI=1S/C15H13BrN2OS/c1-20-14-8-2-11(3-9-14)10-17-18-15(19)12-4-6-13(16)7-5-12/h2-10H,1H3,(H,18,19)/b17-10+. The third-order valence-electron chi connectivity index (χ3n) is 2.60. The number of hydrogen-bond donors (Lipinski definition) is 1. The van der Waals surface area contributed by atoms with Crippen LogP contribution in [0.5, 0.6) is 0 Å². The minimum Gasteiger partial charge on any atom is -0.267 e. The maximum atomic E-state index is 11.8. The first-order valence-corrected chi connectivity index (χ1v) is 7.94. The van der Waals surface area contributed by atoms with E-state index in [1.807, 2.05) is 42.7 Å². The molecule has 0 fully saturated rings. The summed E-state index contributed by atoms with van der Waals surface area (Å²) in [6, 6.07) is 15.1. The van der Waals surface area contributed by atoms with Gasteiger partial charge in [0.15, 0.2) is 0 Å². The zero-order valence-corrected chi connectivity index (χ0v) is 13.2. The summed E-state index contributed by atoms with van der Waals surface area (Å²) in [5.41, 5.74) is 4.02. The summed E-state index contributed by atoms with van der Waals surface area (Å²) in [5.74, 6) is -0.227. The SMILES string of the molecule is CSc1ccc(/C=N/NC(=O)c2ccc(Br)cc2)cc1. The summed E-state index contributed by atoms with van der Waals surface area (Å²) >= 11 is 5.01. The smallest absolute Gasteiger partial charge is 0.267 e. The van der Waals surface area contributed by atoms with E-state index in [1.54, 1.807) is 30.1 Å². The Hall–Kier alpha value is -1.59. The van der Waals surface area contributed by atoms with Gasteiger partial charge in [-0.3, -0.25) is 4.79 Å². The van der Waals surface area contributed by atoms with E-state index in [9.17, 15) is 4.79 Å². The number of hydrogen-bond acceptors (Lipinski definition) is 3. The largest absolute Gasteiger partial charge is 0.271 e. The van der Waals surface area contributed by atoms with E-state index in [4.69, 9.17) is 0 Å². The molecule has 2 aromatic rings. The molecule has 0 spiro atoms.